The van der Waals surface area contributed by atoms with E-state index in [0.29, 0.717) is 24.7 Å². The topological polar surface area (TPSA) is 86.5 Å². The van der Waals surface area contributed by atoms with E-state index < -0.39 is 14.4 Å². The maximum absolute atomic E-state index is 11.1. The maximum atomic E-state index is 11.1. The van der Waals surface area contributed by atoms with Crippen molar-refractivity contribution in [3.05, 3.63) is 29.6 Å². The Kier molecular flexibility index (Phi) is 7.18. The number of nitrogens with zero attached hydrogens (tertiary/aromatic N) is 3. The Balaban J connectivity index is 1.92. The summed E-state index contributed by atoms with van der Waals surface area (Å²) in [6.45, 7) is 7.81. The molecule has 0 aromatic carbocycles. The number of pyridine rings is 1. The fraction of sp³-hybridized carbons (Fsp3) is 0.632. The zero-order chi connectivity index (χ0) is 19.2. The lowest BCUT2D eigenvalue weighted by molar-refractivity contribution is 0.0627. The van der Waals surface area contributed by atoms with E-state index in [0.717, 1.165) is 37.7 Å². The van der Waals surface area contributed by atoms with Gasteiger partial charge in [-0.25, -0.2) is 9.78 Å². The number of hydrogen-bond acceptors (Lipinski definition) is 4. The molecule has 1 aromatic rings. The molecule has 7 heteroatoms. The van der Waals surface area contributed by atoms with Gasteiger partial charge < -0.3 is 14.4 Å². The zero-order valence-electron chi connectivity index (χ0n) is 15.9. The highest BCUT2D eigenvalue weighted by Gasteiger charge is 2.31. The average Bonchev–Trinajstić information content (AvgIpc) is 2.60. The standard InChI is InChI=1S/C19H29N3O3Si/c1-26(2,3)25-18(16-8-11-22(12-9-16)19(23)24)6-4-5-15-7-10-21-17(13-15)14-20/h7,10,13,16,18H,4-6,8-9,11-12H2,1-3H3,(H,23,24). The van der Waals surface area contributed by atoms with Gasteiger partial charge in [0.2, 0.25) is 0 Å². The number of aryl methyl sites for hydroxylation is 1. The quantitative estimate of drug-likeness (QED) is 0.731. The molecule has 0 spiro atoms. The summed E-state index contributed by atoms with van der Waals surface area (Å²) in [6.07, 6.45) is 5.65. The zero-order valence-corrected chi connectivity index (χ0v) is 16.9. The fourth-order valence-electron chi connectivity index (χ4n) is 3.51. The van der Waals surface area contributed by atoms with E-state index in [4.69, 9.17) is 14.8 Å². The minimum Gasteiger partial charge on any atom is -0.465 e. The van der Waals surface area contributed by atoms with E-state index in [1.165, 1.54) is 4.90 Å². The Morgan fingerprint density at radius 2 is 2.15 bits per heavy atom. The number of hydrogen-bond donors (Lipinski definition) is 1. The van der Waals surface area contributed by atoms with Gasteiger partial charge >= 0.3 is 6.09 Å². The maximum Gasteiger partial charge on any atom is 0.407 e. The van der Waals surface area contributed by atoms with Gasteiger partial charge in [-0.1, -0.05) is 0 Å². The van der Waals surface area contributed by atoms with Gasteiger partial charge in [0.25, 0.3) is 0 Å². The van der Waals surface area contributed by atoms with Crippen molar-refractivity contribution in [3.63, 3.8) is 0 Å². The summed E-state index contributed by atoms with van der Waals surface area (Å²) in [7, 11) is -1.67. The highest BCUT2D eigenvalue weighted by molar-refractivity contribution is 6.69. The number of carboxylic acid groups (broad SMARTS) is 1. The molecule has 1 fully saturated rings. The summed E-state index contributed by atoms with van der Waals surface area (Å²) in [5.41, 5.74) is 1.59. The SMILES string of the molecule is C[Si](C)(C)OC(CCCc1ccnc(C#N)c1)C1CCN(C(=O)O)CC1. The van der Waals surface area contributed by atoms with Gasteiger partial charge in [-0.2, -0.15) is 5.26 Å². The van der Waals surface area contributed by atoms with Crippen LogP contribution in [0.5, 0.6) is 0 Å². The van der Waals surface area contributed by atoms with Crippen LogP contribution in [-0.4, -0.2) is 48.6 Å². The third-order valence-corrected chi connectivity index (χ3v) is 5.74. The largest absolute Gasteiger partial charge is 0.465 e. The second kappa shape index (κ2) is 9.15. The van der Waals surface area contributed by atoms with Crippen molar-refractivity contribution in [2.45, 2.75) is 57.8 Å². The molecule has 0 bridgehead atoms. The number of nitriles is 1. The van der Waals surface area contributed by atoms with Gasteiger partial charge in [-0.15, -0.1) is 0 Å². The lowest BCUT2D eigenvalue weighted by Crippen LogP contribution is -2.43. The Morgan fingerprint density at radius 3 is 2.73 bits per heavy atom. The normalized spacial score (nSPS) is 16.9. The van der Waals surface area contributed by atoms with Crippen molar-refractivity contribution >= 4 is 14.4 Å². The van der Waals surface area contributed by atoms with Crippen LogP contribution in [0.15, 0.2) is 18.3 Å². The molecular weight excluding hydrogens is 346 g/mol. The fourth-order valence-corrected chi connectivity index (χ4v) is 4.72. The van der Waals surface area contributed by atoms with Crippen molar-refractivity contribution < 1.29 is 14.3 Å². The minimum atomic E-state index is -1.67. The highest BCUT2D eigenvalue weighted by Crippen LogP contribution is 2.28. The number of likely N-dealkylation sites (tertiary alicyclic amines) is 1. The Bertz CT molecular complexity index is 646. The predicted octanol–water partition coefficient (Wildman–Crippen LogP) is 3.89. The van der Waals surface area contributed by atoms with Crippen LogP contribution in [0.3, 0.4) is 0 Å². The van der Waals surface area contributed by atoms with Gasteiger partial charge in [0.05, 0.1) is 0 Å². The first-order valence-electron chi connectivity index (χ1n) is 9.29. The monoisotopic (exact) mass is 375 g/mol. The minimum absolute atomic E-state index is 0.190. The van der Waals surface area contributed by atoms with Crippen LogP contribution in [-0.2, 0) is 10.8 Å². The molecule has 2 heterocycles. The number of aromatic nitrogens is 1. The first-order chi connectivity index (χ1) is 12.3. The molecular formula is C19H29N3O3Si. The molecule has 0 aliphatic carbocycles. The molecule has 2 rings (SSSR count). The van der Waals surface area contributed by atoms with Gasteiger partial charge in [0.15, 0.2) is 8.32 Å². The van der Waals surface area contributed by atoms with Crippen LogP contribution < -0.4 is 0 Å². The third-order valence-electron chi connectivity index (χ3n) is 4.73. The molecule has 1 saturated heterocycles. The van der Waals surface area contributed by atoms with Gasteiger partial charge in [0, 0.05) is 25.4 Å². The summed E-state index contributed by atoms with van der Waals surface area (Å²) in [5.74, 6) is 0.421. The Morgan fingerprint density at radius 1 is 1.46 bits per heavy atom. The average molecular weight is 376 g/mol. The van der Waals surface area contributed by atoms with Crippen LogP contribution in [0, 0.1) is 17.2 Å². The van der Waals surface area contributed by atoms with Gasteiger partial charge in [0.1, 0.15) is 11.8 Å². The van der Waals surface area contributed by atoms with Crippen LogP contribution in [0.1, 0.15) is 36.9 Å². The van der Waals surface area contributed by atoms with Gasteiger partial charge in [-0.3, -0.25) is 0 Å². The Labute approximate surface area is 156 Å². The first-order valence-corrected chi connectivity index (χ1v) is 12.7. The second-order valence-corrected chi connectivity index (χ2v) is 12.4. The van der Waals surface area contributed by atoms with Gasteiger partial charge in [-0.05, 0) is 75.4 Å². The summed E-state index contributed by atoms with van der Waals surface area (Å²) < 4.78 is 6.46. The molecule has 1 aliphatic rings. The first kappa shape index (κ1) is 20.4. The van der Waals surface area contributed by atoms with Crippen molar-refractivity contribution in [3.8, 4) is 6.07 Å². The third kappa shape index (κ3) is 6.43. The molecule has 142 valence electrons. The van der Waals surface area contributed by atoms with E-state index in [1.54, 1.807) is 6.20 Å². The lowest BCUT2D eigenvalue weighted by Gasteiger charge is -2.37. The van der Waals surface area contributed by atoms with Crippen molar-refractivity contribution in [2.24, 2.45) is 5.92 Å². The molecule has 1 aromatic heterocycles. The van der Waals surface area contributed by atoms with Crippen molar-refractivity contribution in [2.75, 3.05) is 13.1 Å². The molecule has 1 N–H and O–H groups in total. The summed E-state index contributed by atoms with van der Waals surface area (Å²) >= 11 is 0. The predicted molar refractivity (Wildman–Crippen MR) is 102 cm³/mol. The number of amides is 1. The van der Waals surface area contributed by atoms with E-state index in [1.807, 2.05) is 12.1 Å². The van der Waals surface area contributed by atoms with Crippen LogP contribution >= 0.6 is 0 Å². The molecule has 0 saturated carbocycles. The van der Waals surface area contributed by atoms with Crippen LogP contribution in [0.25, 0.3) is 0 Å². The van der Waals surface area contributed by atoms with Crippen LogP contribution in [0.4, 0.5) is 4.79 Å². The van der Waals surface area contributed by atoms with Crippen molar-refractivity contribution in [1.82, 2.24) is 9.88 Å². The van der Waals surface area contributed by atoms with Crippen molar-refractivity contribution in [1.29, 1.82) is 5.26 Å². The van der Waals surface area contributed by atoms with E-state index in [-0.39, 0.29) is 6.10 Å². The van der Waals surface area contributed by atoms with Crippen LogP contribution in [0.2, 0.25) is 19.6 Å². The molecule has 1 unspecified atom stereocenters. The van der Waals surface area contributed by atoms with E-state index in [2.05, 4.69) is 30.7 Å². The molecule has 0 radical (unpaired) electrons. The second-order valence-electron chi connectivity index (χ2n) is 7.93. The van der Waals surface area contributed by atoms with E-state index >= 15 is 0 Å². The molecule has 26 heavy (non-hydrogen) atoms. The lowest BCUT2D eigenvalue weighted by atomic mass is 9.88. The molecule has 1 amide bonds. The smallest absolute Gasteiger partial charge is 0.407 e. The highest BCUT2D eigenvalue weighted by atomic mass is 28.4. The number of carbonyl (C=O) groups is 1. The van der Waals surface area contributed by atoms with E-state index in [9.17, 15) is 4.79 Å². The Hall–Kier alpha value is -1.91. The number of piperidine rings is 1. The summed E-state index contributed by atoms with van der Waals surface area (Å²) in [5, 5.41) is 18.1. The molecule has 1 atom stereocenters. The summed E-state index contributed by atoms with van der Waals surface area (Å²) in [6, 6.07) is 5.89. The molecule has 1 aliphatic heterocycles. The summed E-state index contributed by atoms with van der Waals surface area (Å²) in [4.78, 5) is 16.6. The molecule has 6 nitrogen and oxygen atoms in total. The number of rotatable bonds is 7.